The standard InChI is InChI=1S/C16H19FN2O2/c1-18-11-4-6-15-13(8-16(20)21-2)12-7-10(17)3-5-14(12)19(15)9-11/h3,5,7,11,18H,4,6,8-9H2,1-2H3. The number of likely N-dealkylation sites (N-methyl/N-ethyl adjacent to an activating group) is 1. The predicted molar refractivity (Wildman–Crippen MR) is 78.8 cm³/mol. The Morgan fingerprint density at radius 1 is 1.52 bits per heavy atom. The third kappa shape index (κ3) is 2.42. The molecule has 112 valence electrons. The molecule has 0 fully saturated rings. The number of rotatable bonds is 3. The molecule has 1 N–H and O–H groups in total. The van der Waals surface area contributed by atoms with Crippen LogP contribution in [0.5, 0.6) is 0 Å². The lowest BCUT2D eigenvalue weighted by molar-refractivity contribution is -0.139. The lowest BCUT2D eigenvalue weighted by Crippen LogP contribution is -2.35. The number of nitrogens with zero attached hydrogens (tertiary/aromatic N) is 1. The van der Waals surface area contributed by atoms with Gasteiger partial charge in [-0.3, -0.25) is 4.79 Å². The quantitative estimate of drug-likeness (QED) is 0.880. The van der Waals surface area contributed by atoms with Crippen molar-refractivity contribution in [3.05, 3.63) is 35.3 Å². The molecule has 1 aromatic carbocycles. The molecule has 1 unspecified atom stereocenters. The van der Waals surface area contributed by atoms with Crippen molar-refractivity contribution < 1.29 is 13.9 Å². The predicted octanol–water partition coefficient (Wildman–Crippen LogP) is 2.03. The minimum atomic E-state index is -0.287. The summed E-state index contributed by atoms with van der Waals surface area (Å²) in [6.07, 6.45) is 2.10. The maximum absolute atomic E-state index is 13.6. The molecule has 0 aliphatic carbocycles. The summed E-state index contributed by atoms with van der Waals surface area (Å²) in [4.78, 5) is 11.7. The normalized spacial score (nSPS) is 17.8. The Morgan fingerprint density at radius 3 is 3.05 bits per heavy atom. The van der Waals surface area contributed by atoms with Gasteiger partial charge in [0.15, 0.2) is 0 Å². The topological polar surface area (TPSA) is 43.3 Å². The second-order valence-corrected chi connectivity index (χ2v) is 5.47. The summed E-state index contributed by atoms with van der Waals surface area (Å²) >= 11 is 0. The maximum Gasteiger partial charge on any atom is 0.310 e. The van der Waals surface area contributed by atoms with Crippen LogP contribution in [0.2, 0.25) is 0 Å². The Morgan fingerprint density at radius 2 is 2.33 bits per heavy atom. The first-order valence-electron chi connectivity index (χ1n) is 7.17. The average Bonchev–Trinajstić information content (AvgIpc) is 2.80. The minimum Gasteiger partial charge on any atom is -0.469 e. The number of carbonyl (C=O) groups is 1. The highest BCUT2D eigenvalue weighted by molar-refractivity contribution is 5.89. The molecule has 1 aliphatic rings. The fourth-order valence-electron chi connectivity index (χ4n) is 3.22. The first-order valence-corrected chi connectivity index (χ1v) is 7.17. The summed E-state index contributed by atoms with van der Waals surface area (Å²) in [6, 6.07) is 5.20. The molecule has 5 heteroatoms. The molecule has 4 nitrogen and oxygen atoms in total. The number of nitrogens with one attached hydrogen (secondary N) is 1. The van der Waals surface area contributed by atoms with Crippen LogP contribution in [0.3, 0.4) is 0 Å². The van der Waals surface area contributed by atoms with E-state index in [2.05, 4.69) is 9.88 Å². The van der Waals surface area contributed by atoms with E-state index in [9.17, 15) is 9.18 Å². The lowest BCUT2D eigenvalue weighted by Gasteiger charge is -2.25. The van der Waals surface area contributed by atoms with Crippen molar-refractivity contribution in [2.75, 3.05) is 14.2 Å². The number of ether oxygens (including phenoxy) is 1. The van der Waals surface area contributed by atoms with Gasteiger partial charge in [-0.2, -0.15) is 0 Å². The maximum atomic E-state index is 13.6. The average molecular weight is 290 g/mol. The van der Waals surface area contributed by atoms with E-state index in [-0.39, 0.29) is 18.2 Å². The van der Waals surface area contributed by atoms with E-state index >= 15 is 0 Å². The van der Waals surface area contributed by atoms with Crippen LogP contribution in [0.1, 0.15) is 17.7 Å². The molecule has 1 aromatic heterocycles. The highest BCUT2D eigenvalue weighted by Gasteiger charge is 2.25. The molecule has 1 aliphatic heterocycles. The summed E-state index contributed by atoms with van der Waals surface area (Å²) in [7, 11) is 3.33. The van der Waals surface area contributed by atoms with Gasteiger partial charge in [0.05, 0.1) is 13.5 Å². The Kier molecular flexibility index (Phi) is 3.68. The van der Waals surface area contributed by atoms with Crippen LogP contribution in [0, 0.1) is 5.82 Å². The lowest BCUT2D eigenvalue weighted by atomic mass is 10.0. The number of fused-ring (bicyclic) bond motifs is 3. The number of benzene rings is 1. The van der Waals surface area contributed by atoms with E-state index in [1.165, 1.54) is 19.2 Å². The van der Waals surface area contributed by atoms with Gasteiger partial charge < -0.3 is 14.6 Å². The van der Waals surface area contributed by atoms with E-state index in [0.717, 1.165) is 41.5 Å². The van der Waals surface area contributed by atoms with Crippen molar-refractivity contribution in [1.29, 1.82) is 0 Å². The van der Waals surface area contributed by atoms with Crippen molar-refractivity contribution in [3.8, 4) is 0 Å². The third-order valence-electron chi connectivity index (χ3n) is 4.34. The summed E-state index contributed by atoms with van der Waals surface area (Å²) in [6.45, 7) is 0.842. The number of hydrogen-bond acceptors (Lipinski definition) is 3. The molecule has 1 atom stereocenters. The molecule has 0 bridgehead atoms. The van der Waals surface area contributed by atoms with E-state index in [4.69, 9.17) is 4.74 Å². The summed E-state index contributed by atoms with van der Waals surface area (Å²) in [5.41, 5.74) is 3.03. The van der Waals surface area contributed by atoms with Crippen molar-refractivity contribution >= 4 is 16.9 Å². The number of carbonyl (C=O) groups excluding carboxylic acids is 1. The molecule has 0 spiro atoms. The zero-order valence-electron chi connectivity index (χ0n) is 12.3. The van der Waals surface area contributed by atoms with Gasteiger partial charge in [0.1, 0.15) is 5.82 Å². The zero-order valence-corrected chi connectivity index (χ0v) is 12.3. The van der Waals surface area contributed by atoms with Gasteiger partial charge in [-0.15, -0.1) is 0 Å². The fourth-order valence-corrected chi connectivity index (χ4v) is 3.22. The van der Waals surface area contributed by atoms with Gasteiger partial charge in [0, 0.05) is 29.2 Å². The van der Waals surface area contributed by atoms with E-state index in [0.29, 0.717) is 6.04 Å². The second-order valence-electron chi connectivity index (χ2n) is 5.47. The Hall–Kier alpha value is -1.88. The number of hydrogen-bond donors (Lipinski definition) is 1. The number of halogens is 1. The van der Waals surface area contributed by atoms with Crippen LogP contribution in [0.15, 0.2) is 18.2 Å². The van der Waals surface area contributed by atoms with Crippen molar-refractivity contribution in [3.63, 3.8) is 0 Å². The minimum absolute atomic E-state index is 0.197. The van der Waals surface area contributed by atoms with Crippen LogP contribution >= 0.6 is 0 Å². The van der Waals surface area contributed by atoms with Gasteiger partial charge in [0.25, 0.3) is 0 Å². The van der Waals surface area contributed by atoms with E-state index < -0.39 is 0 Å². The molecule has 3 rings (SSSR count). The molecule has 21 heavy (non-hydrogen) atoms. The Bertz CT molecular complexity index is 693. The third-order valence-corrected chi connectivity index (χ3v) is 4.34. The molecule has 0 amide bonds. The monoisotopic (exact) mass is 290 g/mol. The van der Waals surface area contributed by atoms with Crippen LogP contribution in [-0.4, -0.2) is 30.7 Å². The van der Waals surface area contributed by atoms with Crippen molar-refractivity contribution in [2.45, 2.75) is 31.8 Å². The molecular weight excluding hydrogens is 271 g/mol. The summed E-state index contributed by atoms with van der Waals surface area (Å²) in [5.74, 6) is -0.563. The van der Waals surface area contributed by atoms with Crippen LogP contribution < -0.4 is 5.32 Å². The summed E-state index contributed by atoms with van der Waals surface area (Å²) < 4.78 is 20.6. The van der Waals surface area contributed by atoms with Crippen molar-refractivity contribution in [1.82, 2.24) is 9.88 Å². The number of aromatic nitrogens is 1. The van der Waals surface area contributed by atoms with Gasteiger partial charge in [-0.25, -0.2) is 4.39 Å². The smallest absolute Gasteiger partial charge is 0.310 e. The van der Waals surface area contributed by atoms with Gasteiger partial charge >= 0.3 is 5.97 Å². The van der Waals surface area contributed by atoms with E-state index in [1.807, 2.05) is 7.05 Å². The highest BCUT2D eigenvalue weighted by atomic mass is 19.1. The Labute approximate surface area is 122 Å². The number of methoxy groups -OCH3 is 1. The first-order chi connectivity index (χ1) is 10.1. The molecule has 0 saturated carbocycles. The van der Waals surface area contributed by atoms with Gasteiger partial charge in [-0.05, 0) is 43.7 Å². The largest absolute Gasteiger partial charge is 0.469 e. The SMILES string of the molecule is CNC1CCc2c(CC(=O)OC)c3cc(F)ccc3n2C1. The molecular formula is C16H19FN2O2. The highest BCUT2D eigenvalue weighted by Crippen LogP contribution is 2.32. The van der Waals surface area contributed by atoms with Gasteiger partial charge in [-0.1, -0.05) is 0 Å². The van der Waals surface area contributed by atoms with Crippen LogP contribution in [0.4, 0.5) is 4.39 Å². The van der Waals surface area contributed by atoms with Crippen molar-refractivity contribution in [2.24, 2.45) is 0 Å². The molecule has 2 heterocycles. The summed E-state index contributed by atoms with van der Waals surface area (Å²) in [5, 5.41) is 4.12. The fraction of sp³-hybridized carbons (Fsp3) is 0.438. The Balaban J connectivity index is 2.16. The second kappa shape index (κ2) is 5.48. The number of esters is 1. The van der Waals surface area contributed by atoms with E-state index in [1.54, 1.807) is 6.07 Å². The molecule has 0 radical (unpaired) electrons. The van der Waals surface area contributed by atoms with Gasteiger partial charge in [0.2, 0.25) is 0 Å². The van der Waals surface area contributed by atoms with Crippen LogP contribution in [0.25, 0.3) is 10.9 Å². The van der Waals surface area contributed by atoms with Crippen LogP contribution in [-0.2, 0) is 28.9 Å². The zero-order chi connectivity index (χ0) is 15.0. The molecule has 2 aromatic rings. The molecule has 0 saturated heterocycles. The first kappa shape index (κ1) is 14.1.